The van der Waals surface area contributed by atoms with E-state index in [1.165, 1.54) is 6.42 Å². The van der Waals surface area contributed by atoms with E-state index in [-0.39, 0.29) is 17.9 Å². The van der Waals surface area contributed by atoms with Crippen molar-refractivity contribution >= 4 is 23.4 Å². The highest BCUT2D eigenvalue weighted by Gasteiger charge is 2.28. The first-order chi connectivity index (χ1) is 15.0. The van der Waals surface area contributed by atoms with Gasteiger partial charge >= 0.3 is 0 Å². The van der Waals surface area contributed by atoms with Crippen LogP contribution in [-0.2, 0) is 22.6 Å². The molecule has 5 heteroatoms. The maximum Gasteiger partial charge on any atom is 0.242 e. The molecule has 2 amide bonds. The van der Waals surface area contributed by atoms with E-state index in [2.05, 4.69) is 5.32 Å². The van der Waals surface area contributed by atoms with Crippen molar-refractivity contribution in [3.63, 3.8) is 0 Å². The summed E-state index contributed by atoms with van der Waals surface area (Å²) in [6, 6.07) is 15.3. The lowest BCUT2D eigenvalue weighted by Gasteiger charge is -2.31. The van der Waals surface area contributed by atoms with Crippen LogP contribution in [0.2, 0.25) is 5.02 Å². The van der Waals surface area contributed by atoms with E-state index in [1.807, 2.05) is 62.4 Å². The number of hydrogen-bond donors (Lipinski definition) is 1. The second kappa shape index (κ2) is 11.3. The molecule has 4 nitrogen and oxygen atoms in total. The summed E-state index contributed by atoms with van der Waals surface area (Å²) in [5.41, 5.74) is 3.13. The Hall–Kier alpha value is -2.33. The van der Waals surface area contributed by atoms with Gasteiger partial charge in [0.1, 0.15) is 6.04 Å². The smallest absolute Gasteiger partial charge is 0.242 e. The molecule has 1 saturated carbocycles. The molecule has 0 heterocycles. The molecular weight excluding hydrogens is 408 g/mol. The first-order valence-electron chi connectivity index (χ1n) is 11.3. The molecule has 31 heavy (non-hydrogen) atoms. The summed E-state index contributed by atoms with van der Waals surface area (Å²) in [4.78, 5) is 28.0. The fourth-order valence-corrected chi connectivity index (χ4v) is 4.44. The summed E-state index contributed by atoms with van der Waals surface area (Å²) in [5, 5.41) is 3.85. The highest BCUT2D eigenvalue weighted by molar-refractivity contribution is 6.31. The van der Waals surface area contributed by atoms with Crippen LogP contribution in [-0.4, -0.2) is 28.8 Å². The lowest BCUT2D eigenvalue weighted by molar-refractivity contribution is -0.141. The van der Waals surface area contributed by atoms with E-state index >= 15 is 0 Å². The molecule has 3 rings (SSSR count). The number of rotatable bonds is 8. The summed E-state index contributed by atoms with van der Waals surface area (Å²) < 4.78 is 0. The normalized spacial score (nSPS) is 15.3. The Bertz CT molecular complexity index is 892. The standard InChI is InChI=1S/C26H33ClN2O2/c1-19-10-6-7-12-22(19)18-29(20(2)26(31)28-23-13-4-3-5-14-23)25(30)17-16-21-11-8-9-15-24(21)27/h6-12,15,20,23H,3-5,13-14,16-18H2,1-2H3,(H,28,31)/t20-/m0/s1. The zero-order valence-corrected chi connectivity index (χ0v) is 19.3. The van der Waals surface area contributed by atoms with Crippen molar-refractivity contribution < 1.29 is 9.59 Å². The monoisotopic (exact) mass is 440 g/mol. The van der Waals surface area contributed by atoms with Crippen LogP contribution in [0, 0.1) is 6.92 Å². The molecule has 0 saturated heterocycles. The first-order valence-corrected chi connectivity index (χ1v) is 11.7. The van der Waals surface area contributed by atoms with Crippen molar-refractivity contribution in [1.29, 1.82) is 0 Å². The summed E-state index contributed by atoms with van der Waals surface area (Å²) in [5.74, 6) is -0.0963. The van der Waals surface area contributed by atoms with Gasteiger partial charge in [0.25, 0.3) is 0 Å². The molecule has 2 aromatic carbocycles. The zero-order chi connectivity index (χ0) is 22.2. The number of nitrogens with one attached hydrogen (secondary N) is 1. The molecule has 0 aliphatic heterocycles. The maximum atomic E-state index is 13.3. The molecule has 0 spiro atoms. The third kappa shape index (κ3) is 6.57. The second-order valence-electron chi connectivity index (χ2n) is 8.56. The van der Waals surface area contributed by atoms with E-state index < -0.39 is 6.04 Å². The Morgan fingerprint density at radius 3 is 2.35 bits per heavy atom. The van der Waals surface area contributed by atoms with Gasteiger partial charge in [-0.25, -0.2) is 0 Å². The number of amides is 2. The molecule has 0 radical (unpaired) electrons. The molecule has 166 valence electrons. The fraction of sp³-hybridized carbons (Fsp3) is 0.462. The SMILES string of the molecule is Cc1ccccc1CN(C(=O)CCc1ccccc1Cl)[C@@H](C)C(=O)NC1CCCCC1. The lowest BCUT2D eigenvalue weighted by Crippen LogP contribution is -2.50. The number of hydrogen-bond acceptors (Lipinski definition) is 2. The van der Waals surface area contributed by atoms with Gasteiger partial charge in [-0.2, -0.15) is 0 Å². The van der Waals surface area contributed by atoms with Crippen molar-refractivity contribution in [2.24, 2.45) is 0 Å². The van der Waals surface area contributed by atoms with Crippen molar-refractivity contribution in [3.8, 4) is 0 Å². The molecule has 1 aliphatic rings. The molecule has 2 aromatic rings. The lowest BCUT2D eigenvalue weighted by atomic mass is 9.95. The predicted octanol–water partition coefficient (Wildman–Crippen LogP) is 5.45. The predicted molar refractivity (Wildman–Crippen MR) is 126 cm³/mol. The van der Waals surface area contributed by atoms with Gasteiger partial charge in [0.2, 0.25) is 11.8 Å². The minimum absolute atomic E-state index is 0.0329. The average molecular weight is 441 g/mol. The quantitative estimate of drug-likeness (QED) is 0.593. The molecule has 1 aliphatic carbocycles. The fourth-order valence-electron chi connectivity index (χ4n) is 4.21. The number of nitrogens with zero attached hydrogens (tertiary/aromatic N) is 1. The van der Waals surface area contributed by atoms with Crippen LogP contribution in [0.25, 0.3) is 0 Å². The minimum Gasteiger partial charge on any atom is -0.352 e. The summed E-state index contributed by atoms with van der Waals surface area (Å²) in [6.07, 6.45) is 6.47. The van der Waals surface area contributed by atoms with Gasteiger partial charge in [0, 0.05) is 24.0 Å². The first kappa shape index (κ1) is 23.3. The third-order valence-electron chi connectivity index (χ3n) is 6.29. The van der Waals surface area contributed by atoms with Crippen LogP contribution in [0.5, 0.6) is 0 Å². The Morgan fingerprint density at radius 1 is 1.03 bits per heavy atom. The van der Waals surface area contributed by atoms with E-state index in [1.54, 1.807) is 4.90 Å². The van der Waals surface area contributed by atoms with Crippen LogP contribution >= 0.6 is 11.6 Å². The highest BCUT2D eigenvalue weighted by atomic mass is 35.5. The van der Waals surface area contributed by atoms with E-state index in [9.17, 15) is 9.59 Å². The summed E-state index contributed by atoms with van der Waals surface area (Å²) in [7, 11) is 0. The van der Waals surface area contributed by atoms with E-state index in [0.717, 1.165) is 42.4 Å². The molecule has 1 fully saturated rings. The van der Waals surface area contributed by atoms with Gasteiger partial charge in [0.15, 0.2) is 0 Å². The molecule has 0 aromatic heterocycles. The van der Waals surface area contributed by atoms with Gasteiger partial charge in [-0.05, 0) is 55.9 Å². The Labute approximate surface area is 191 Å². The number of carbonyl (C=O) groups excluding carboxylic acids is 2. The van der Waals surface area contributed by atoms with Crippen LogP contribution < -0.4 is 5.32 Å². The molecule has 0 bridgehead atoms. The van der Waals surface area contributed by atoms with Gasteiger partial charge in [-0.3, -0.25) is 9.59 Å². The highest BCUT2D eigenvalue weighted by Crippen LogP contribution is 2.21. The molecular formula is C26H33ClN2O2. The molecule has 0 unspecified atom stereocenters. The largest absolute Gasteiger partial charge is 0.352 e. The zero-order valence-electron chi connectivity index (χ0n) is 18.6. The van der Waals surface area contributed by atoms with Crippen molar-refractivity contribution in [2.45, 2.75) is 77.4 Å². The van der Waals surface area contributed by atoms with Crippen LogP contribution in [0.4, 0.5) is 0 Å². The Balaban J connectivity index is 1.72. The summed E-state index contributed by atoms with van der Waals surface area (Å²) in [6.45, 7) is 4.30. The van der Waals surface area contributed by atoms with Crippen molar-refractivity contribution in [3.05, 3.63) is 70.2 Å². The molecule has 1 atom stereocenters. The summed E-state index contributed by atoms with van der Waals surface area (Å²) >= 11 is 6.27. The molecule has 1 N–H and O–H groups in total. The number of aryl methyl sites for hydroxylation is 2. The number of carbonyl (C=O) groups is 2. The average Bonchev–Trinajstić information content (AvgIpc) is 2.78. The maximum absolute atomic E-state index is 13.3. The topological polar surface area (TPSA) is 49.4 Å². The van der Waals surface area contributed by atoms with E-state index in [4.69, 9.17) is 11.6 Å². The van der Waals surface area contributed by atoms with Gasteiger partial charge in [0.05, 0.1) is 0 Å². The van der Waals surface area contributed by atoms with Crippen molar-refractivity contribution in [1.82, 2.24) is 10.2 Å². The van der Waals surface area contributed by atoms with E-state index in [0.29, 0.717) is 24.4 Å². The Morgan fingerprint density at radius 2 is 1.68 bits per heavy atom. The second-order valence-corrected chi connectivity index (χ2v) is 8.97. The number of benzene rings is 2. The van der Waals surface area contributed by atoms with Crippen LogP contribution in [0.1, 0.15) is 62.1 Å². The van der Waals surface area contributed by atoms with Gasteiger partial charge in [-0.15, -0.1) is 0 Å². The Kier molecular flexibility index (Phi) is 8.53. The van der Waals surface area contributed by atoms with Gasteiger partial charge in [-0.1, -0.05) is 73.3 Å². The van der Waals surface area contributed by atoms with Crippen molar-refractivity contribution in [2.75, 3.05) is 0 Å². The van der Waals surface area contributed by atoms with Crippen LogP contribution in [0.3, 0.4) is 0 Å². The minimum atomic E-state index is -0.528. The van der Waals surface area contributed by atoms with Gasteiger partial charge < -0.3 is 10.2 Å². The van der Waals surface area contributed by atoms with Crippen LogP contribution in [0.15, 0.2) is 48.5 Å². The number of halogens is 1. The third-order valence-corrected chi connectivity index (χ3v) is 6.66.